The molecule has 0 saturated carbocycles. The molecule has 2 heteroatoms. The van der Waals surface area contributed by atoms with Crippen LogP contribution in [0.1, 0.15) is 18.4 Å². The fraction of sp³-hybridized carbons (Fsp3) is 0.150. The Morgan fingerprint density at radius 2 is 1.95 bits per heavy atom. The van der Waals surface area contributed by atoms with Gasteiger partial charge in [-0.25, -0.2) is 4.98 Å². The molecule has 0 N–H and O–H groups in total. The summed E-state index contributed by atoms with van der Waals surface area (Å²) >= 11 is 0. The van der Waals surface area contributed by atoms with Crippen LogP contribution in [0.2, 0.25) is 0 Å². The predicted octanol–water partition coefficient (Wildman–Crippen LogP) is 5.20. The molecule has 1 aliphatic rings. The zero-order valence-corrected chi connectivity index (χ0v) is 12.7. The summed E-state index contributed by atoms with van der Waals surface area (Å²) in [7, 11) is 0. The number of fused-ring (bicyclic) bond motifs is 1. The molecule has 0 radical (unpaired) electrons. The highest BCUT2D eigenvalue weighted by atomic mass is 15.1. The van der Waals surface area contributed by atoms with Gasteiger partial charge in [0.2, 0.25) is 0 Å². The van der Waals surface area contributed by atoms with E-state index in [1.807, 2.05) is 0 Å². The summed E-state index contributed by atoms with van der Waals surface area (Å²) in [6, 6.07) is 16.9. The largest absolute Gasteiger partial charge is 0.296 e. The van der Waals surface area contributed by atoms with E-state index in [9.17, 15) is 0 Å². The van der Waals surface area contributed by atoms with E-state index in [2.05, 4.69) is 78.2 Å². The van der Waals surface area contributed by atoms with Gasteiger partial charge in [-0.15, -0.1) is 0 Å². The summed E-state index contributed by atoms with van der Waals surface area (Å²) in [4.78, 5) is 4.90. The van der Waals surface area contributed by atoms with Crippen LogP contribution in [0.15, 0.2) is 66.8 Å². The van der Waals surface area contributed by atoms with Gasteiger partial charge in [-0.2, -0.15) is 0 Å². The Balaban J connectivity index is 2.01. The second kappa shape index (κ2) is 5.30. The molecule has 0 amide bonds. The molecule has 0 aliphatic heterocycles. The van der Waals surface area contributed by atoms with E-state index in [-0.39, 0.29) is 0 Å². The number of hydrogen-bond donors (Lipinski definition) is 0. The molecule has 22 heavy (non-hydrogen) atoms. The van der Waals surface area contributed by atoms with Gasteiger partial charge in [0.1, 0.15) is 5.82 Å². The number of nitrogens with zero attached hydrogens (tertiary/aromatic N) is 2. The SMILES string of the molecule is Cc1cccc(-c2nc3ccccc3n2C2=CC=CCC2)c1. The maximum atomic E-state index is 4.90. The number of allylic oxidation sites excluding steroid dienone is 4. The van der Waals surface area contributed by atoms with Gasteiger partial charge in [-0.05, 0) is 44.0 Å². The van der Waals surface area contributed by atoms with Crippen LogP contribution in [0.5, 0.6) is 0 Å². The van der Waals surface area contributed by atoms with Crippen LogP contribution in [0.3, 0.4) is 0 Å². The second-order valence-electron chi connectivity index (χ2n) is 5.75. The number of benzene rings is 2. The van der Waals surface area contributed by atoms with E-state index >= 15 is 0 Å². The minimum Gasteiger partial charge on any atom is -0.296 e. The Hall–Kier alpha value is -2.61. The number of aryl methyl sites for hydroxylation is 1. The van der Waals surface area contributed by atoms with Gasteiger partial charge in [-0.1, -0.05) is 48.0 Å². The molecule has 1 heterocycles. The Morgan fingerprint density at radius 3 is 2.77 bits per heavy atom. The third kappa shape index (κ3) is 2.17. The first-order valence-electron chi connectivity index (χ1n) is 7.73. The minimum absolute atomic E-state index is 1.03. The average molecular weight is 286 g/mol. The summed E-state index contributed by atoms with van der Waals surface area (Å²) < 4.78 is 2.31. The van der Waals surface area contributed by atoms with Gasteiger partial charge in [-0.3, -0.25) is 4.57 Å². The lowest BCUT2D eigenvalue weighted by molar-refractivity contribution is 0.960. The molecule has 0 fully saturated rings. The zero-order valence-electron chi connectivity index (χ0n) is 12.7. The summed E-state index contributed by atoms with van der Waals surface area (Å²) in [5.41, 5.74) is 5.98. The molecule has 0 saturated heterocycles. The molecule has 2 aromatic carbocycles. The van der Waals surface area contributed by atoms with Gasteiger partial charge in [0.05, 0.1) is 11.0 Å². The van der Waals surface area contributed by atoms with Crippen molar-refractivity contribution in [1.29, 1.82) is 0 Å². The lowest BCUT2D eigenvalue weighted by Crippen LogP contribution is -2.01. The van der Waals surface area contributed by atoms with Crippen molar-refractivity contribution in [1.82, 2.24) is 9.55 Å². The van der Waals surface area contributed by atoms with Crippen molar-refractivity contribution in [2.24, 2.45) is 0 Å². The molecule has 1 aromatic heterocycles. The first-order valence-corrected chi connectivity index (χ1v) is 7.73. The Morgan fingerprint density at radius 1 is 1.05 bits per heavy atom. The van der Waals surface area contributed by atoms with Crippen molar-refractivity contribution < 1.29 is 0 Å². The van der Waals surface area contributed by atoms with Crippen LogP contribution >= 0.6 is 0 Å². The van der Waals surface area contributed by atoms with Crippen LogP contribution in [0.25, 0.3) is 28.1 Å². The molecule has 4 rings (SSSR count). The molecule has 2 nitrogen and oxygen atoms in total. The molecular formula is C20H18N2. The van der Waals surface area contributed by atoms with Gasteiger partial charge in [0.25, 0.3) is 0 Å². The predicted molar refractivity (Wildman–Crippen MR) is 92.6 cm³/mol. The lowest BCUT2D eigenvalue weighted by atomic mass is 10.1. The first-order chi connectivity index (χ1) is 10.8. The van der Waals surface area contributed by atoms with Crippen molar-refractivity contribution in [2.45, 2.75) is 19.8 Å². The lowest BCUT2D eigenvalue weighted by Gasteiger charge is -2.15. The molecule has 0 bridgehead atoms. The standard InChI is InChI=1S/C20H18N2/c1-15-8-7-9-16(14-15)20-21-18-12-5-6-13-19(18)22(20)17-10-3-2-4-11-17/h2-3,5-10,12-14H,4,11H2,1H3. The van der Waals surface area contributed by atoms with Gasteiger partial charge in [0, 0.05) is 11.3 Å². The number of rotatable bonds is 2. The van der Waals surface area contributed by atoms with E-state index in [1.54, 1.807) is 0 Å². The van der Waals surface area contributed by atoms with Crippen molar-refractivity contribution in [2.75, 3.05) is 0 Å². The normalized spacial score (nSPS) is 14.3. The van der Waals surface area contributed by atoms with Crippen molar-refractivity contribution >= 4 is 16.7 Å². The monoisotopic (exact) mass is 286 g/mol. The summed E-state index contributed by atoms with van der Waals surface area (Å²) in [5, 5.41) is 0. The minimum atomic E-state index is 1.03. The summed E-state index contributed by atoms with van der Waals surface area (Å²) in [6.07, 6.45) is 8.71. The molecule has 3 aromatic rings. The van der Waals surface area contributed by atoms with Crippen LogP contribution < -0.4 is 0 Å². The highest BCUT2D eigenvalue weighted by molar-refractivity contribution is 5.85. The van der Waals surface area contributed by atoms with Gasteiger partial charge < -0.3 is 0 Å². The maximum absolute atomic E-state index is 4.90. The van der Waals surface area contributed by atoms with Crippen LogP contribution in [0, 0.1) is 6.92 Å². The quantitative estimate of drug-likeness (QED) is 0.633. The molecule has 0 unspecified atom stereocenters. The maximum Gasteiger partial charge on any atom is 0.145 e. The van der Waals surface area contributed by atoms with E-state index in [0.717, 1.165) is 24.2 Å². The van der Waals surface area contributed by atoms with E-state index in [0.29, 0.717) is 0 Å². The van der Waals surface area contributed by atoms with Crippen molar-refractivity contribution in [3.63, 3.8) is 0 Å². The summed E-state index contributed by atoms with van der Waals surface area (Å²) in [5.74, 6) is 1.03. The highest BCUT2D eigenvalue weighted by Gasteiger charge is 2.15. The van der Waals surface area contributed by atoms with Crippen molar-refractivity contribution in [3.05, 3.63) is 72.3 Å². The fourth-order valence-electron chi connectivity index (χ4n) is 3.07. The first kappa shape index (κ1) is 13.1. The summed E-state index contributed by atoms with van der Waals surface area (Å²) in [6.45, 7) is 2.12. The third-order valence-electron chi connectivity index (χ3n) is 4.12. The van der Waals surface area contributed by atoms with E-state index in [4.69, 9.17) is 4.98 Å². The van der Waals surface area contributed by atoms with E-state index < -0.39 is 0 Å². The Labute approximate surface area is 130 Å². The molecule has 0 atom stereocenters. The zero-order chi connectivity index (χ0) is 14.9. The number of para-hydroxylation sites is 2. The van der Waals surface area contributed by atoms with Crippen LogP contribution in [0.4, 0.5) is 0 Å². The molecule has 1 aliphatic carbocycles. The second-order valence-corrected chi connectivity index (χ2v) is 5.75. The van der Waals surface area contributed by atoms with Crippen LogP contribution in [-0.4, -0.2) is 9.55 Å². The Kier molecular flexibility index (Phi) is 3.15. The average Bonchev–Trinajstić information content (AvgIpc) is 2.95. The molecule has 108 valence electrons. The third-order valence-corrected chi connectivity index (χ3v) is 4.12. The molecular weight excluding hydrogens is 268 g/mol. The Bertz CT molecular complexity index is 897. The van der Waals surface area contributed by atoms with E-state index in [1.165, 1.54) is 22.3 Å². The highest BCUT2D eigenvalue weighted by Crippen LogP contribution is 2.31. The smallest absolute Gasteiger partial charge is 0.145 e. The van der Waals surface area contributed by atoms with Crippen LogP contribution in [-0.2, 0) is 0 Å². The number of aromatic nitrogens is 2. The fourth-order valence-corrected chi connectivity index (χ4v) is 3.07. The van der Waals surface area contributed by atoms with Gasteiger partial charge >= 0.3 is 0 Å². The van der Waals surface area contributed by atoms with Crippen molar-refractivity contribution in [3.8, 4) is 11.4 Å². The van der Waals surface area contributed by atoms with Gasteiger partial charge in [0.15, 0.2) is 0 Å². The number of imidazole rings is 1. The number of hydrogen-bond acceptors (Lipinski definition) is 1. The molecule has 0 spiro atoms. The topological polar surface area (TPSA) is 17.8 Å².